The van der Waals surface area contributed by atoms with Gasteiger partial charge in [-0.3, -0.25) is 0 Å². The molecule has 1 aliphatic carbocycles. The van der Waals surface area contributed by atoms with Crippen molar-refractivity contribution in [1.82, 2.24) is 0 Å². The number of unbranched alkanes of at least 4 members (excludes halogenated alkanes) is 1. The molecule has 0 aromatic carbocycles. The van der Waals surface area contributed by atoms with Crippen molar-refractivity contribution in [1.29, 1.82) is 0 Å². The lowest BCUT2D eigenvalue weighted by Gasteiger charge is -2.36. The Kier molecular flexibility index (Phi) is 4.88. The third kappa shape index (κ3) is 3.96. The average Bonchev–Trinajstić information content (AvgIpc) is 2.06. The molecule has 1 saturated carbocycles. The van der Waals surface area contributed by atoms with Crippen LogP contribution in [0.15, 0.2) is 0 Å². The Morgan fingerprint density at radius 1 is 1.29 bits per heavy atom. The van der Waals surface area contributed by atoms with E-state index in [1.165, 1.54) is 0 Å². The van der Waals surface area contributed by atoms with E-state index >= 15 is 0 Å². The van der Waals surface area contributed by atoms with Gasteiger partial charge in [0.05, 0.1) is 0 Å². The molecule has 1 aliphatic rings. The summed E-state index contributed by atoms with van der Waals surface area (Å²) >= 11 is 0. The first-order chi connectivity index (χ1) is 6.59. The Labute approximate surface area is 85.8 Å². The molecule has 0 aliphatic heterocycles. The zero-order valence-electron chi connectivity index (χ0n) is 8.60. The monoisotopic (exact) mass is 200 g/mol. The van der Waals surface area contributed by atoms with Gasteiger partial charge in [-0.2, -0.15) is 0 Å². The quantitative estimate of drug-likeness (QED) is 0.349. The van der Waals surface area contributed by atoms with Crippen molar-refractivity contribution in [2.45, 2.75) is 50.5 Å². The molecule has 82 valence electrons. The number of hydrogen-bond donors (Lipinski definition) is 4. The van der Waals surface area contributed by atoms with Crippen LogP contribution in [0.1, 0.15) is 32.1 Å². The van der Waals surface area contributed by atoms with Crippen LogP contribution < -0.4 is 11.5 Å². The van der Waals surface area contributed by atoms with Gasteiger partial charge in [0, 0.05) is 12.1 Å². The molecule has 0 radical (unpaired) electrons. The van der Waals surface area contributed by atoms with E-state index in [-0.39, 0.29) is 6.04 Å². The molecule has 0 aromatic heterocycles. The molecule has 5 heteroatoms. The van der Waals surface area contributed by atoms with Crippen molar-refractivity contribution >= 4 is 7.12 Å². The topological polar surface area (TPSA) is 92.5 Å². The molecule has 0 spiro atoms. The standard InChI is InChI=1S/C9H21BN2O2/c11-8-5-7(6-8)9(12)3-1-2-4-10(13)14/h7-9,13-14H,1-6,11-12H2/t7-,8+,9?. The van der Waals surface area contributed by atoms with Crippen molar-refractivity contribution < 1.29 is 10.0 Å². The fourth-order valence-electron chi connectivity index (χ4n) is 2.00. The van der Waals surface area contributed by atoms with Gasteiger partial charge >= 0.3 is 7.12 Å². The molecule has 1 unspecified atom stereocenters. The average molecular weight is 200 g/mol. The summed E-state index contributed by atoms with van der Waals surface area (Å²) in [5.74, 6) is 0.601. The summed E-state index contributed by atoms with van der Waals surface area (Å²) in [6, 6.07) is 0.621. The molecular weight excluding hydrogens is 179 g/mol. The molecule has 0 heterocycles. The highest BCUT2D eigenvalue weighted by Gasteiger charge is 2.30. The minimum atomic E-state index is -1.16. The molecule has 1 rings (SSSR count). The van der Waals surface area contributed by atoms with E-state index in [0.717, 1.165) is 32.1 Å². The lowest BCUT2D eigenvalue weighted by Crippen LogP contribution is -2.45. The maximum atomic E-state index is 8.63. The Bertz CT molecular complexity index is 163. The highest BCUT2D eigenvalue weighted by atomic mass is 16.4. The zero-order chi connectivity index (χ0) is 10.6. The molecule has 4 nitrogen and oxygen atoms in total. The fourth-order valence-corrected chi connectivity index (χ4v) is 2.00. The van der Waals surface area contributed by atoms with Crippen LogP contribution in [-0.2, 0) is 0 Å². The van der Waals surface area contributed by atoms with Crippen LogP contribution in [0.25, 0.3) is 0 Å². The lowest BCUT2D eigenvalue weighted by molar-refractivity contribution is 0.213. The molecule has 0 saturated heterocycles. The van der Waals surface area contributed by atoms with Gasteiger partial charge in [-0.15, -0.1) is 0 Å². The van der Waals surface area contributed by atoms with Gasteiger partial charge in [0.2, 0.25) is 0 Å². The van der Waals surface area contributed by atoms with E-state index in [4.69, 9.17) is 21.5 Å². The summed E-state index contributed by atoms with van der Waals surface area (Å²) in [4.78, 5) is 0. The van der Waals surface area contributed by atoms with Crippen LogP contribution in [0.3, 0.4) is 0 Å². The molecule has 6 N–H and O–H groups in total. The number of nitrogens with two attached hydrogens (primary N) is 2. The van der Waals surface area contributed by atoms with Crippen LogP contribution in [-0.4, -0.2) is 29.3 Å². The minimum Gasteiger partial charge on any atom is -0.427 e. The van der Waals surface area contributed by atoms with Gasteiger partial charge in [0.1, 0.15) is 0 Å². The van der Waals surface area contributed by atoms with Crippen LogP contribution in [0.2, 0.25) is 6.32 Å². The maximum Gasteiger partial charge on any atom is 0.451 e. The lowest BCUT2D eigenvalue weighted by atomic mass is 9.74. The van der Waals surface area contributed by atoms with Crippen molar-refractivity contribution in [3.05, 3.63) is 0 Å². The van der Waals surface area contributed by atoms with E-state index in [0.29, 0.717) is 18.3 Å². The summed E-state index contributed by atoms with van der Waals surface area (Å²) in [6.07, 6.45) is 5.36. The van der Waals surface area contributed by atoms with Crippen LogP contribution >= 0.6 is 0 Å². The predicted molar refractivity (Wildman–Crippen MR) is 57.5 cm³/mol. The van der Waals surface area contributed by atoms with E-state index in [1.807, 2.05) is 0 Å². The Balaban J connectivity index is 1.96. The van der Waals surface area contributed by atoms with Gasteiger partial charge in [0.15, 0.2) is 0 Å². The normalized spacial score (nSPS) is 28.3. The van der Waals surface area contributed by atoms with Gasteiger partial charge in [0.25, 0.3) is 0 Å². The second-order valence-electron chi connectivity index (χ2n) is 4.42. The Morgan fingerprint density at radius 3 is 2.43 bits per heavy atom. The molecule has 0 bridgehead atoms. The first-order valence-corrected chi connectivity index (χ1v) is 5.47. The van der Waals surface area contributed by atoms with Gasteiger partial charge in [-0.05, 0) is 31.5 Å². The van der Waals surface area contributed by atoms with E-state index in [2.05, 4.69) is 0 Å². The number of hydrogen-bond acceptors (Lipinski definition) is 4. The fraction of sp³-hybridized carbons (Fsp3) is 1.00. The molecule has 1 atom stereocenters. The SMILES string of the molecule is NC(CCCCB(O)O)[C@H]1C[C@@H](N)C1. The third-order valence-electron chi connectivity index (χ3n) is 3.07. The molecule has 0 aromatic rings. The van der Waals surface area contributed by atoms with Crippen molar-refractivity contribution in [2.24, 2.45) is 17.4 Å². The van der Waals surface area contributed by atoms with Crippen molar-refractivity contribution in [3.8, 4) is 0 Å². The van der Waals surface area contributed by atoms with E-state index in [1.54, 1.807) is 0 Å². The summed E-state index contributed by atoms with van der Waals surface area (Å²) < 4.78 is 0. The van der Waals surface area contributed by atoms with Gasteiger partial charge in [-0.25, -0.2) is 0 Å². The molecule has 1 fully saturated rings. The highest BCUT2D eigenvalue weighted by molar-refractivity contribution is 6.40. The number of rotatable bonds is 6. The first-order valence-electron chi connectivity index (χ1n) is 5.47. The molecule has 0 amide bonds. The predicted octanol–water partition coefficient (Wildman–Crippen LogP) is -0.306. The van der Waals surface area contributed by atoms with E-state index in [9.17, 15) is 0 Å². The van der Waals surface area contributed by atoms with Crippen LogP contribution in [0, 0.1) is 5.92 Å². The summed E-state index contributed by atoms with van der Waals surface area (Å²) in [7, 11) is -1.16. The minimum absolute atomic E-state index is 0.255. The smallest absolute Gasteiger partial charge is 0.427 e. The largest absolute Gasteiger partial charge is 0.451 e. The van der Waals surface area contributed by atoms with Crippen molar-refractivity contribution in [2.75, 3.05) is 0 Å². The maximum absolute atomic E-state index is 8.63. The second kappa shape index (κ2) is 5.71. The summed E-state index contributed by atoms with van der Waals surface area (Å²) in [6.45, 7) is 0. The third-order valence-corrected chi connectivity index (χ3v) is 3.07. The van der Waals surface area contributed by atoms with Gasteiger partial charge in [-0.1, -0.05) is 12.8 Å². The zero-order valence-corrected chi connectivity index (χ0v) is 8.60. The molecular formula is C9H21BN2O2. The highest BCUT2D eigenvalue weighted by Crippen LogP contribution is 2.29. The second-order valence-corrected chi connectivity index (χ2v) is 4.42. The van der Waals surface area contributed by atoms with E-state index < -0.39 is 7.12 Å². The summed E-state index contributed by atoms with van der Waals surface area (Å²) in [5.41, 5.74) is 11.7. The Morgan fingerprint density at radius 2 is 1.93 bits per heavy atom. The summed E-state index contributed by atoms with van der Waals surface area (Å²) in [5, 5.41) is 17.3. The van der Waals surface area contributed by atoms with Crippen molar-refractivity contribution in [3.63, 3.8) is 0 Å². The Hall–Kier alpha value is -0.0951. The van der Waals surface area contributed by atoms with Gasteiger partial charge < -0.3 is 21.5 Å². The first kappa shape index (κ1) is 12.0. The molecule has 14 heavy (non-hydrogen) atoms. The van der Waals surface area contributed by atoms with Crippen LogP contribution in [0.5, 0.6) is 0 Å². The van der Waals surface area contributed by atoms with Crippen LogP contribution in [0.4, 0.5) is 0 Å².